The molecule has 0 radical (unpaired) electrons. The average Bonchev–Trinajstić information content (AvgIpc) is 2.83. The molecule has 0 saturated carbocycles. The van der Waals surface area contributed by atoms with E-state index in [-0.39, 0.29) is 17.6 Å². The topological polar surface area (TPSA) is 108 Å². The summed E-state index contributed by atoms with van der Waals surface area (Å²) in [5, 5.41) is 13.9. The van der Waals surface area contributed by atoms with E-state index in [9.17, 15) is 9.59 Å². The largest absolute Gasteiger partial charge is 0.409 e. The summed E-state index contributed by atoms with van der Waals surface area (Å²) >= 11 is 0. The standard InChI is InChI=1S/C10H18N4O3/c1-6(8(11)13-17)10(16)14-5-3-4-7(14)9(15)12-2/h6-7,17H,3-5H2,1-2H3,(H2,11,13)(H,12,15). The molecule has 1 aliphatic rings. The van der Waals surface area contributed by atoms with Crippen molar-refractivity contribution in [3.8, 4) is 0 Å². The fourth-order valence-corrected chi connectivity index (χ4v) is 1.93. The van der Waals surface area contributed by atoms with Crippen molar-refractivity contribution in [1.29, 1.82) is 0 Å². The predicted octanol–water partition coefficient (Wildman–Crippen LogP) is -0.894. The van der Waals surface area contributed by atoms with E-state index in [4.69, 9.17) is 10.9 Å². The zero-order valence-electron chi connectivity index (χ0n) is 10.0. The van der Waals surface area contributed by atoms with E-state index < -0.39 is 12.0 Å². The molecule has 1 heterocycles. The average molecular weight is 242 g/mol. The van der Waals surface area contributed by atoms with Gasteiger partial charge in [-0.15, -0.1) is 0 Å². The lowest BCUT2D eigenvalue weighted by Crippen LogP contribution is -2.48. The van der Waals surface area contributed by atoms with Gasteiger partial charge in [-0.3, -0.25) is 9.59 Å². The monoisotopic (exact) mass is 242 g/mol. The summed E-state index contributed by atoms with van der Waals surface area (Å²) in [6.45, 7) is 2.08. The van der Waals surface area contributed by atoms with Crippen LogP contribution in [0, 0.1) is 5.92 Å². The minimum Gasteiger partial charge on any atom is -0.409 e. The molecule has 0 aromatic heterocycles. The number of likely N-dealkylation sites (tertiary alicyclic amines) is 1. The molecule has 0 spiro atoms. The molecule has 2 amide bonds. The summed E-state index contributed by atoms with van der Waals surface area (Å²) in [4.78, 5) is 25.1. The number of amidine groups is 1. The maximum Gasteiger partial charge on any atom is 0.242 e. The number of likely N-dealkylation sites (N-methyl/N-ethyl adjacent to an activating group) is 1. The first-order valence-corrected chi connectivity index (χ1v) is 5.52. The van der Waals surface area contributed by atoms with Crippen LogP contribution in [0.15, 0.2) is 5.16 Å². The lowest BCUT2D eigenvalue weighted by Gasteiger charge is -2.25. The van der Waals surface area contributed by atoms with Crippen LogP contribution in [-0.2, 0) is 9.59 Å². The van der Waals surface area contributed by atoms with Crippen LogP contribution < -0.4 is 11.1 Å². The van der Waals surface area contributed by atoms with E-state index >= 15 is 0 Å². The Balaban J connectivity index is 2.78. The Bertz CT molecular complexity index is 342. The molecular formula is C10H18N4O3. The van der Waals surface area contributed by atoms with Gasteiger partial charge in [0.05, 0.1) is 5.92 Å². The van der Waals surface area contributed by atoms with Crippen LogP contribution in [0.25, 0.3) is 0 Å². The SMILES string of the molecule is CNC(=O)C1CCCN1C(=O)C(C)C(N)=NO. The Morgan fingerprint density at radius 3 is 2.76 bits per heavy atom. The molecule has 17 heavy (non-hydrogen) atoms. The van der Waals surface area contributed by atoms with Gasteiger partial charge in [0.2, 0.25) is 11.8 Å². The van der Waals surface area contributed by atoms with Crippen LogP contribution in [-0.4, -0.2) is 47.4 Å². The molecule has 0 aromatic rings. The van der Waals surface area contributed by atoms with Gasteiger partial charge < -0.3 is 21.2 Å². The van der Waals surface area contributed by atoms with Crippen molar-refractivity contribution in [3.63, 3.8) is 0 Å². The van der Waals surface area contributed by atoms with Crippen LogP contribution in [0.5, 0.6) is 0 Å². The number of amides is 2. The second kappa shape index (κ2) is 5.51. The molecule has 1 aliphatic heterocycles. The first-order chi connectivity index (χ1) is 8.02. The Kier molecular flexibility index (Phi) is 4.30. The molecule has 0 aliphatic carbocycles. The van der Waals surface area contributed by atoms with E-state index in [1.54, 1.807) is 6.92 Å². The fourth-order valence-electron chi connectivity index (χ4n) is 1.93. The highest BCUT2D eigenvalue weighted by atomic mass is 16.4. The molecule has 0 bridgehead atoms. The highest BCUT2D eigenvalue weighted by molar-refractivity contribution is 6.03. The van der Waals surface area contributed by atoms with Crippen LogP contribution >= 0.6 is 0 Å². The van der Waals surface area contributed by atoms with Gasteiger partial charge in [0.15, 0.2) is 5.84 Å². The van der Waals surface area contributed by atoms with Gasteiger partial charge >= 0.3 is 0 Å². The fraction of sp³-hybridized carbons (Fsp3) is 0.700. The molecule has 0 aromatic carbocycles. The summed E-state index contributed by atoms with van der Waals surface area (Å²) in [7, 11) is 1.54. The third-order valence-corrected chi connectivity index (χ3v) is 3.01. The normalized spacial score (nSPS) is 22.4. The summed E-state index contributed by atoms with van der Waals surface area (Å²) in [5.74, 6) is -1.32. The van der Waals surface area contributed by atoms with E-state index in [1.165, 1.54) is 11.9 Å². The Morgan fingerprint density at radius 2 is 2.24 bits per heavy atom. The molecule has 96 valence electrons. The first kappa shape index (κ1) is 13.3. The van der Waals surface area contributed by atoms with Crippen molar-refractivity contribution in [3.05, 3.63) is 0 Å². The van der Waals surface area contributed by atoms with Gasteiger partial charge in [0.25, 0.3) is 0 Å². The molecule has 4 N–H and O–H groups in total. The number of hydrogen-bond donors (Lipinski definition) is 3. The van der Waals surface area contributed by atoms with E-state index in [2.05, 4.69) is 10.5 Å². The molecule has 1 rings (SSSR count). The minimum absolute atomic E-state index is 0.141. The van der Waals surface area contributed by atoms with Crippen LogP contribution in [0.3, 0.4) is 0 Å². The van der Waals surface area contributed by atoms with E-state index in [0.29, 0.717) is 13.0 Å². The van der Waals surface area contributed by atoms with Crippen molar-refractivity contribution >= 4 is 17.6 Å². The van der Waals surface area contributed by atoms with Crippen molar-refractivity contribution < 1.29 is 14.8 Å². The highest BCUT2D eigenvalue weighted by Crippen LogP contribution is 2.20. The van der Waals surface area contributed by atoms with Crippen molar-refractivity contribution in [2.45, 2.75) is 25.8 Å². The Labute approximate surface area is 99.6 Å². The smallest absolute Gasteiger partial charge is 0.242 e. The number of carbonyl (C=O) groups excluding carboxylic acids is 2. The summed E-state index contributed by atoms with van der Waals surface area (Å²) in [6.07, 6.45) is 1.43. The molecule has 1 fully saturated rings. The summed E-state index contributed by atoms with van der Waals surface area (Å²) in [6, 6.07) is -0.443. The number of carbonyl (C=O) groups is 2. The quantitative estimate of drug-likeness (QED) is 0.258. The summed E-state index contributed by atoms with van der Waals surface area (Å²) < 4.78 is 0. The number of hydrogen-bond acceptors (Lipinski definition) is 4. The second-order valence-corrected chi connectivity index (χ2v) is 4.05. The number of nitrogens with one attached hydrogen (secondary N) is 1. The molecule has 7 nitrogen and oxygen atoms in total. The van der Waals surface area contributed by atoms with Crippen LogP contribution in [0.2, 0.25) is 0 Å². The first-order valence-electron chi connectivity index (χ1n) is 5.52. The number of nitrogens with two attached hydrogens (primary N) is 1. The highest BCUT2D eigenvalue weighted by Gasteiger charge is 2.36. The Hall–Kier alpha value is -1.79. The van der Waals surface area contributed by atoms with Gasteiger partial charge in [0, 0.05) is 13.6 Å². The number of rotatable bonds is 3. The van der Waals surface area contributed by atoms with Crippen LogP contribution in [0.4, 0.5) is 0 Å². The lowest BCUT2D eigenvalue weighted by atomic mass is 10.1. The molecule has 2 atom stereocenters. The number of nitrogens with zero attached hydrogens (tertiary/aromatic N) is 2. The maximum absolute atomic E-state index is 12.1. The van der Waals surface area contributed by atoms with Gasteiger partial charge in [-0.1, -0.05) is 5.16 Å². The second-order valence-electron chi connectivity index (χ2n) is 4.05. The third kappa shape index (κ3) is 2.66. The van der Waals surface area contributed by atoms with Crippen molar-refractivity contribution in [1.82, 2.24) is 10.2 Å². The Morgan fingerprint density at radius 1 is 1.59 bits per heavy atom. The van der Waals surface area contributed by atoms with E-state index in [1.807, 2.05) is 0 Å². The zero-order valence-corrected chi connectivity index (χ0v) is 10.0. The zero-order chi connectivity index (χ0) is 13.0. The van der Waals surface area contributed by atoms with Crippen LogP contribution in [0.1, 0.15) is 19.8 Å². The third-order valence-electron chi connectivity index (χ3n) is 3.01. The van der Waals surface area contributed by atoms with Gasteiger partial charge in [0.1, 0.15) is 6.04 Å². The minimum atomic E-state index is -0.717. The van der Waals surface area contributed by atoms with Gasteiger partial charge in [-0.2, -0.15) is 0 Å². The summed E-state index contributed by atoms with van der Waals surface area (Å²) in [5.41, 5.74) is 5.39. The van der Waals surface area contributed by atoms with Crippen molar-refractivity contribution in [2.75, 3.05) is 13.6 Å². The van der Waals surface area contributed by atoms with Gasteiger partial charge in [-0.25, -0.2) is 0 Å². The predicted molar refractivity (Wildman–Crippen MR) is 61.4 cm³/mol. The van der Waals surface area contributed by atoms with Crippen molar-refractivity contribution in [2.24, 2.45) is 16.8 Å². The van der Waals surface area contributed by atoms with E-state index in [0.717, 1.165) is 6.42 Å². The molecule has 1 saturated heterocycles. The number of oxime groups is 1. The van der Waals surface area contributed by atoms with Gasteiger partial charge in [-0.05, 0) is 19.8 Å². The molecule has 2 unspecified atom stereocenters. The lowest BCUT2D eigenvalue weighted by molar-refractivity contribution is -0.139. The maximum atomic E-state index is 12.1. The molecule has 7 heteroatoms. The molecular weight excluding hydrogens is 224 g/mol.